The Hall–Kier alpha value is -1.54. The molecule has 1 aromatic heterocycles. The molecule has 0 amide bonds. The highest BCUT2D eigenvalue weighted by atomic mass is 79.9. The van der Waals surface area contributed by atoms with Crippen LogP contribution in [0.25, 0.3) is 0 Å². The molecule has 0 spiro atoms. The summed E-state index contributed by atoms with van der Waals surface area (Å²) >= 11 is 5.30. The molecule has 0 aliphatic rings. The van der Waals surface area contributed by atoms with Gasteiger partial charge >= 0.3 is 0 Å². The molecule has 130 valence electrons. The number of aryl methyl sites for hydroxylation is 1. The van der Waals surface area contributed by atoms with E-state index in [4.69, 9.17) is 0 Å². The summed E-state index contributed by atoms with van der Waals surface area (Å²) in [4.78, 5) is 9.70. The maximum Gasteiger partial charge on any atom is 0.191 e. The predicted octanol–water partition coefficient (Wildman–Crippen LogP) is 2.81. The summed E-state index contributed by atoms with van der Waals surface area (Å²) < 4.78 is 2.86. The molecule has 0 bridgehead atoms. The Kier molecular flexibility index (Phi) is 6.68. The van der Waals surface area contributed by atoms with Crippen molar-refractivity contribution in [3.63, 3.8) is 0 Å². The molecule has 1 aromatic carbocycles. The molecule has 0 unspecified atom stereocenters. The Morgan fingerprint density at radius 2 is 2.00 bits per heavy atom. The third-order valence-electron chi connectivity index (χ3n) is 3.33. The van der Waals surface area contributed by atoms with Gasteiger partial charge in [-0.3, -0.25) is 9.67 Å². The molecule has 1 heterocycles. The topological polar surface area (TPSA) is 67.1 Å². The molecule has 24 heavy (non-hydrogen) atoms. The first-order chi connectivity index (χ1) is 11.4. The van der Waals surface area contributed by atoms with Gasteiger partial charge in [-0.15, -0.1) is 11.8 Å². The van der Waals surface area contributed by atoms with Crippen LogP contribution in [-0.4, -0.2) is 39.1 Å². The van der Waals surface area contributed by atoms with E-state index < -0.39 is 0 Å². The molecule has 8 heteroatoms. The largest absolute Gasteiger partial charge is 0.355 e. The van der Waals surface area contributed by atoms with E-state index in [0.717, 1.165) is 22.8 Å². The van der Waals surface area contributed by atoms with Gasteiger partial charge in [0.15, 0.2) is 5.96 Å². The molecule has 2 rings (SSSR count). The fraction of sp³-hybridized carbons (Fsp3) is 0.438. The van der Waals surface area contributed by atoms with Crippen molar-refractivity contribution in [2.75, 3.05) is 13.6 Å². The molecular weight excluding hydrogens is 388 g/mol. The number of thioether (sulfide) groups is 1. The molecule has 0 fully saturated rings. The summed E-state index contributed by atoms with van der Waals surface area (Å²) in [7, 11) is 3.64. The number of aliphatic imine (C=N–C) groups is 1. The molecule has 2 aromatic rings. The van der Waals surface area contributed by atoms with E-state index in [1.54, 1.807) is 18.1 Å². The SMILES string of the molecule is CN=C(NCc1ncnn1C)NCC(C)(C)Sc1ccc(Br)cc1. The van der Waals surface area contributed by atoms with Crippen LogP contribution in [0.3, 0.4) is 0 Å². The molecular formula is C16H23BrN6S. The first-order valence-corrected chi connectivity index (χ1v) is 9.22. The minimum atomic E-state index is 0.0240. The van der Waals surface area contributed by atoms with Crippen LogP contribution in [0.4, 0.5) is 0 Å². The van der Waals surface area contributed by atoms with Gasteiger partial charge in [0.2, 0.25) is 0 Å². The maximum absolute atomic E-state index is 4.26. The van der Waals surface area contributed by atoms with Crippen LogP contribution in [0.2, 0.25) is 0 Å². The molecule has 6 nitrogen and oxygen atoms in total. The number of rotatable bonds is 6. The van der Waals surface area contributed by atoms with Gasteiger partial charge < -0.3 is 10.6 Å². The minimum Gasteiger partial charge on any atom is -0.355 e. The van der Waals surface area contributed by atoms with Crippen LogP contribution in [0.15, 0.2) is 45.0 Å². The number of hydrogen-bond donors (Lipinski definition) is 2. The Morgan fingerprint density at radius 1 is 1.29 bits per heavy atom. The quantitative estimate of drug-likeness (QED) is 0.435. The highest BCUT2D eigenvalue weighted by Gasteiger charge is 2.20. The van der Waals surface area contributed by atoms with Gasteiger partial charge in [0.05, 0.1) is 6.54 Å². The van der Waals surface area contributed by atoms with Crippen LogP contribution in [0.5, 0.6) is 0 Å². The number of benzene rings is 1. The molecule has 0 atom stereocenters. The zero-order chi connectivity index (χ0) is 17.6. The molecule has 0 aliphatic heterocycles. The zero-order valence-electron chi connectivity index (χ0n) is 14.4. The van der Waals surface area contributed by atoms with E-state index in [0.29, 0.717) is 6.54 Å². The first kappa shape index (κ1) is 18.8. The number of halogens is 1. The summed E-state index contributed by atoms with van der Waals surface area (Å²) in [5, 5.41) is 10.7. The van der Waals surface area contributed by atoms with Crippen molar-refractivity contribution in [1.29, 1.82) is 0 Å². The van der Waals surface area contributed by atoms with Crippen molar-refractivity contribution >= 4 is 33.7 Å². The second-order valence-electron chi connectivity index (χ2n) is 5.89. The predicted molar refractivity (Wildman–Crippen MR) is 103 cm³/mol. The van der Waals surface area contributed by atoms with E-state index >= 15 is 0 Å². The highest BCUT2D eigenvalue weighted by molar-refractivity contribution is 9.10. The Morgan fingerprint density at radius 3 is 2.58 bits per heavy atom. The van der Waals surface area contributed by atoms with Crippen molar-refractivity contribution in [3.05, 3.63) is 40.9 Å². The van der Waals surface area contributed by atoms with Crippen molar-refractivity contribution in [2.24, 2.45) is 12.0 Å². The fourth-order valence-electron chi connectivity index (χ4n) is 2.02. The lowest BCUT2D eigenvalue weighted by molar-refractivity contribution is 0.646. The summed E-state index contributed by atoms with van der Waals surface area (Å²) in [6, 6.07) is 8.37. The van der Waals surface area contributed by atoms with E-state index in [2.05, 4.69) is 79.8 Å². The molecule has 0 aliphatic carbocycles. The highest BCUT2D eigenvalue weighted by Crippen LogP contribution is 2.32. The van der Waals surface area contributed by atoms with Crippen LogP contribution in [0, 0.1) is 0 Å². The number of nitrogens with zero attached hydrogens (tertiary/aromatic N) is 4. The van der Waals surface area contributed by atoms with Gasteiger partial charge in [-0.2, -0.15) is 5.10 Å². The van der Waals surface area contributed by atoms with Gasteiger partial charge in [0.1, 0.15) is 12.2 Å². The summed E-state index contributed by atoms with van der Waals surface area (Å²) in [5.41, 5.74) is 0. The smallest absolute Gasteiger partial charge is 0.191 e. The zero-order valence-corrected chi connectivity index (χ0v) is 16.8. The summed E-state index contributed by atoms with van der Waals surface area (Å²) in [6.45, 7) is 5.79. The van der Waals surface area contributed by atoms with Crippen LogP contribution < -0.4 is 10.6 Å². The number of guanidine groups is 1. The summed E-state index contributed by atoms with van der Waals surface area (Å²) in [6.07, 6.45) is 1.55. The number of aromatic nitrogens is 3. The molecule has 0 radical (unpaired) electrons. The lowest BCUT2D eigenvalue weighted by Crippen LogP contribution is -2.43. The van der Waals surface area contributed by atoms with Gasteiger partial charge in [-0.1, -0.05) is 15.9 Å². The maximum atomic E-state index is 4.26. The summed E-state index contributed by atoms with van der Waals surface area (Å²) in [5.74, 6) is 1.61. The second kappa shape index (κ2) is 8.53. The second-order valence-corrected chi connectivity index (χ2v) is 8.59. The van der Waals surface area contributed by atoms with Gasteiger partial charge in [0.25, 0.3) is 0 Å². The normalized spacial score (nSPS) is 12.3. The van der Waals surface area contributed by atoms with Crippen LogP contribution in [-0.2, 0) is 13.6 Å². The van der Waals surface area contributed by atoms with Crippen LogP contribution >= 0.6 is 27.7 Å². The number of hydrogen-bond acceptors (Lipinski definition) is 4. The fourth-order valence-corrected chi connectivity index (χ4v) is 3.34. The van der Waals surface area contributed by atoms with Gasteiger partial charge in [0, 0.05) is 34.8 Å². The standard InChI is InChI=1S/C16H23BrN6S/c1-16(2,24-13-7-5-12(17)6-8-13)10-20-15(18-3)19-9-14-21-11-22-23(14)4/h5-8,11H,9-10H2,1-4H3,(H2,18,19,20). The Balaban J connectivity index is 1.84. The van der Waals surface area contributed by atoms with Crippen molar-refractivity contribution in [2.45, 2.75) is 30.0 Å². The lowest BCUT2D eigenvalue weighted by atomic mass is 10.2. The Bertz CT molecular complexity index is 680. The van der Waals surface area contributed by atoms with E-state index in [1.165, 1.54) is 4.90 Å². The van der Waals surface area contributed by atoms with Crippen molar-refractivity contribution < 1.29 is 0 Å². The number of nitrogens with one attached hydrogen (secondary N) is 2. The van der Waals surface area contributed by atoms with Crippen molar-refractivity contribution in [3.8, 4) is 0 Å². The van der Waals surface area contributed by atoms with Crippen LogP contribution in [0.1, 0.15) is 19.7 Å². The van der Waals surface area contributed by atoms with E-state index in [1.807, 2.05) is 18.8 Å². The first-order valence-electron chi connectivity index (χ1n) is 7.61. The minimum absolute atomic E-state index is 0.0240. The molecule has 0 saturated carbocycles. The van der Waals surface area contributed by atoms with Gasteiger partial charge in [-0.05, 0) is 38.1 Å². The van der Waals surface area contributed by atoms with Crippen molar-refractivity contribution in [1.82, 2.24) is 25.4 Å². The average molecular weight is 411 g/mol. The average Bonchev–Trinajstić information content (AvgIpc) is 2.95. The van der Waals surface area contributed by atoms with Gasteiger partial charge in [-0.25, -0.2) is 4.98 Å². The van der Waals surface area contributed by atoms with E-state index in [-0.39, 0.29) is 4.75 Å². The Labute approximate surface area is 155 Å². The molecule has 2 N–H and O–H groups in total. The monoisotopic (exact) mass is 410 g/mol. The third kappa shape index (κ3) is 5.83. The van der Waals surface area contributed by atoms with E-state index in [9.17, 15) is 0 Å². The molecule has 0 saturated heterocycles. The lowest BCUT2D eigenvalue weighted by Gasteiger charge is -2.25. The third-order valence-corrected chi connectivity index (χ3v) is 5.07.